The Labute approximate surface area is 115 Å². The molecule has 0 saturated carbocycles. The van der Waals surface area contributed by atoms with E-state index in [1.165, 1.54) is 0 Å². The summed E-state index contributed by atoms with van der Waals surface area (Å²) in [5, 5.41) is 9.45. The van der Waals surface area contributed by atoms with Crippen molar-refractivity contribution >= 4 is 35.5 Å². The number of aliphatic hydroxyl groups excluding tert-OH is 1. The van der Waals surface area contributed by atoms with Crippen molar-refractivity contribution in [3.63, 3.8) is 0 Å². The Morgan fingerprint density at radius 1 is 1.44 bits per heavy atom. The number of hydrogen-bond donors (Lipinski definition) is 4. The smallest absolute Gasteiger partial charge is 0.281 e. The van der Waals surface area contributed by atoms with Gasteiger partial charge >= 0.3 is 0 Å². The predicted octanol–water partition coefficient (Wildman–Crippen LogP) is 0.509. The van der Waals surface area contributed by atoms with Gasteiger partial charge in [-0.15, -0.1) is 0 Å². The first-order chi connectivity index (χ1) is 8.54. The SMILES string of the molecule is NC(=NC(=O)[C@@H](O)c1ccccc1)SC(N)CS. The number of aliphatic hydroxyl groups is 1. The molecular formula is C11H15N3O2S2. The Balaban J connectivity index is 2.68. The maximum Gasteiger partial charge on any atom is 0.281 e. The number of hydrogen-bond acceptors (Lipinski definition) is 5. The summed E-state index contributed by atoms with van der Waals surface area (Å²) in [5.74, 6) is -0.298. The molecule has 0 aliphatic heterocycles. The van der Waals surface area contributed by atoms with Crippen molar-refractivity contribution in [1.29, 1.82) is 0 Å². The second-order valence-electron chi connectivity index (χ2n) is 3.44. The zero-order chi connectivity index (χ0) is 13.5. The lowest BCUT2D eigenvalue weighted by atomic mass is 10.1. The average Bonchev–Trinajstić information content (AvgIpc) is 2.38. The van der Waals surface area contributed by atoms with E-state index in [-0.39, 0.29) is 10.5 Å². The van der Waals surface area contributed by atoms with Gasteiger partial charge in [-0.1, -0.05) is 42.1 Å². The van der Waals surface area contributed by atoms with Gasteiger partial charge < -0.3 is 16.6 Å². The molecule has 1 aromatic carbocycles. The van der Waals surface area contributed by atoms with Gasteiger partial charge in [-0.3, -0.25) is 4.79 Å². The molecule has 18 heavy (non-hydrogen) atoms. The van der Waals surface area contributed by atoms with E-state index >= 15 is 0 Å². The molecule has 0 fully saturated rings. The molecule has 0 aliphatic carbocycles. The lowest BCUT2D eigenvalue weighted by molar-refractivity contribution is -0.126. The van der Waals surface area contributed by atoms with Gasteiger partial charge in [0, 0.05) is 5.75 Å². The predicted molar refractivity (Wildman–Crippen MR) is 77.5 cm³/mol. The van der Waals surface area contributed by atoms with E-state index in [1.54, 1.807) is 30.3 Å². The lowest BCUT2D eigenvalue weighted by Crippen LogP contribution is -2.24. The van der Waals surface area contributed by atoms with Gasteiger partial charge in [-0.2, -0.15) is 17.6 Å². The highest BCUT2D eigenvalue weighted by Gasteiger charge is 2.17. The summed E-state index contributed by atoms with van der Waals surface area (Å²) in [5.41, 5.74) is 11.6. The Morgan fingerprint density at radius 3 is 2.61 bits per heavy atom. The van der Waals surface area contributed by atoms with Crippen LogP contribution in [0.15, 0.2) is 35.3 Å². The number of amides is 1. The van der Waals surface area contributed by atoms with Crippen LogP contribution in [0.4, 0.5) is 0 Å². The summed E-state index contributed by atoms with van der Waals surface area (Å²) in [7, 11) is 0. The topological polar surface area (TPSA) is 102 Å². The summed E-state index contributed by atoms with van der Waals surface area (Å²) in [4.78, 5) is 15.2. The number of rotatable bonds is 4. The van der Waals surface area contributed by atoms with Gasteiger partial charge in [-0.25, -0.2) is 0 Å². The van der Waals surface area contributed by atoms with Crippen molar-refractivity contribution in [3.05, 3.63) is 35.9 Å². The third-order valence-corrected chi connectivity index (χ3v) is 3.46. The van der Waals surface area contributed by atoms with Gasteiger partial charge in [-0.05, 0) is 5.56 Å². The molecule has 0 saturated heterocycles. The zero-order valence-corrected chi connectivity index (χ0v) is 11.3. The number of aliphatic imine (C=N–C) groups is 1. The van der Waals surface area contributed by atoms with Gasteiger partial charge in [0.15, 0.2) is 11.3 Å². The minimum absolute atomic E-state index is 0.0246. The monoisotopic (exact) mass is 285 g/mol. The van der Waals surface area contributed by atoms with Gasteiger partial charge in [0.25, 0.3) is 5.91 Å². The average molecular weight is 285 g/mol. The molecular weight excluding hydrogens is 270 g/mol. The van der Waals surface area contributed by atoms with Crippen LogP contribution in [-0.2, 0) is 4.79 Å². The summed E-state index contributed by atoms with van der Waals surface area (Å²) >= 11 is 5.03. The number of benzene rings is 1. The maximum atomic E-state index is 11.6. The first kappa shape index (κ1) is 15.0. The van der Waals surface area contributed by atoms with Crippen molar-refractivity contribution in [3.8, 4) is 0 Å². The third-order valence-electron chi connectivity index (χ3n) is 2.02. The first-order valence-electron chi connectivity index (χ1n) is 5.18. The molecule has 2 atom stereocenters. The fourth-order valence-electron chi connectivity index (χ4n) is 1.17. The molecule has 1 amide bonds. The van der Waals surface area contributed by atoms with Crippen molar-refractivity contribution in [1.82, 2.24) is 0 Å². The number of carbonyl (C=O) groups is 1. The third kappa shape index (κ3) is 4.69. The number of nitrogens with zero attached hydrogens (tertiary/aromatic N) is 1. The van der Waals surface area contributed by atoms with Crippen LogP contribution in [-0.4, -0.2) is 27.3 Å². The van der Waals surface area contributed by atoms with Crippen LogP contribution in [0, 0.1) is 0 Å². The highest BCUT2D eigenvalue weighted by molar-refractivity contribution is 8.14. The second kappa shape index (κ2) is 7.42. The first-order valence-corrected chi connectivity index (χ1v) is 6.70. The lowest BCUT2D eigenvalue weighted by Gasteiger charge is -2.09. The zero-order valence-electron chi connectivity index (χ0n) is 9.56. The largest absolute Gasteiger partial charge is 0.378 e. The molecule has 1 unspecified atom stereocenters. The summed E-state index contributed by atoms with van der Waals surface area (Å²) in [6.07, 6.45) is -1.31. The van der Waals surface area contributed by atoms with E-state index in [1.807, 2.05) is 0 Å². The Morgan fingerprint density at radius 2 is 2.06 bits per heavy atom. The molecule has 0 aromatic heterocycles. The van der Waals surface area contributed by atoms with Crippen LogP contribution in [0.25, 0.3) is 0 Å². The van der Waals surface area contributed by atoms with E-state index in [0.717, 1.165) is 11.8 Å². The van der Waals surface area contributed by atoms with Crippen molar-refractivity contribution in [2.75, 3.05) is 5.75 Å². The van der Waals surface area contributed by atoms with Crippen LogP contribution < -0.4 is 11.5 Å². The second-order valence-corrected chi connectivity index (χ2v) is 5.07. The molecule has 0 heterocycles. The molecule has 0 radical (unpaired) electrons. The van der Waals surface area contributed by atoms with E-state index in [2.05, 4.69) is 17.6 Å². The number of thioether (sulfide) groups is 1. The quantitative estimate of drug-likeness (QED) is 0.279. The molecule has 5 N–H and O–H groups in total. The highest BCUT2D eigenvalue weighted by atomic mass is 32.2. The van der Waals surface area contributed by atoms with Crippen LogP contribution in [0.3, 0.4) is 0 Å². The van der Waals surface area contributed by atoms with Crippen LogP contribution in [0.5, 0.6) is 0 Å². The number of carbonyl (C=O) groups excluding carboxylic acids is 1. The minimum atomic E-state index is -1.31. The van der Waals surface area contributed by atoms with Gasteiger partial charge in [0.05, 0.1) is 5.37 Å². The molecule has 0 spiro atoms. The van der Waals surface area contributed by atoms with Gasteiger partial charge in [0.1, 0.15) is 0 Å². The van der Waals surface area contributed by atoms with Crippen LogP contribution in [0.2, 0.25) is 0 Å². The molecule has 1 aromatic rings. The molecule has 98 valence electrons. The van der Waals surface area contributed by atoms with Crippen molar-refractivity contribution in [2.24, 2.45) is 16.5 Å². The molecule has 0 bridgehead atoms. The van der Waals surface area contributed by atoms with E-state index in [0.29, 0.717) is 11.3 Å². The normalized spacial score (nSPS) is 15.2. The molecule has 5 nitrogen and oxygen atoms in total. The minimum Gasteiger partial charge on any atom is -0.378 e. The van der Waals surface area contributed by atoms with Crippen LogP contribution in [0.1, 0.15) is 11.7 Å². The number of nitrogens with two attached hydrogens (primary N) is 2. The maximum absolute atomic E-state index is 11.6. The van der Waals surface area contributed by atoms with Crippen LogP contribution >= 0.6 is 24.4 Å². The van der Waals surface area contributed by atoms with Gasteiger partial charge in [0.2, 0.25) is 0 Å². The fourth-order valence-corrected chi connectivity index (χ4v) is 1.92. The molecule has 0 aliphatic rings. The molecule has 1 rings (SSSR count). The van der Waals surface area contributed by atoms with Crippen molar-refractivity contribution in [2.45, 2.75) is 11.5 Å². The number of amidine groups is 1. The highest BCUT2D eigenvalue weighted by Crippen LogP contribution is 2.15. The summed E-state index contributed by atoms with van der Waals surface area (Å²) in [6.45, 7) is 0. The Hall–Kier alpha value is -1.02. The van der Waals surface area contributed by atoms with E-state index in [9.17, 15) is 9.90 Å². The fraction of sp³-hybridized carbons (Fsp3) is 0.273. The van der Waals surface area contributed by atoms with Crippen molar-refractivity contribution < 1.29 is 9.90 Å². The standard InChI is InChI=1S/C11H15N3O2S2/c12-8(6-17)18-11(13)14-10(16)9(15)7-4-2-1-3-5-7/h1-5,8-9,15,17H,6,12H2,(H2,13,14,16)/t8?,9-/m0/s1. The van der Waals surface area contributed by atoms with E-state index < -0.39 is 12.0 Å². The summed E-state index contributed by atoms with van der Waals surface area (Å²) < 4.78 is 0. The Kier molecular flexibility index (Phi) is 6.20. The van der Waals surface area contributed by atoms with E-state index in [4.69, 9.17) is 11.5 Å². The summed E-state index contributed by atoms with van der Waals surface area (Å²) in [6, 6.07) is 8.52. The number of thiol groups is 1. The Bertz CT molecular complexity index is 426. The molecule has 7 heteroatoms.